The highest BCUT2D eigenvalue weighted by Crippen LogP contribution is 2.33. The number of guanidine groups is 1. The highest BCUT2D eigenvalue weighted by Gasteiger charge is 2.33. The maximum absolute atomic E-state index is 12.9. The van der Waals surface area contributed by atoms with Gasteiger partial charge >= 0.3 is 6.18 Å². The predicted octanol–water partition coefficient (Wildman–Crippen LogP) is 3.93. The topological polar surface area (TPSA) is 40.1 Å². The van der Waals surface area contributed by atoms with Gasteiger partial charge in [-0.25, -0.2) is 0 Å². The number of benzene rings is 1. The predicted molar refractivity (Wildman–Crippen MR) is 131 cm³/mol. The van der Waals surface area contributed by atoms with E-state index in [1.165, 1.54) is 12.1 Å². The second kappa shape index (κ2) is 11.9. The maximum atomic E-state index is 12.9. The van der Waals surface area contributed by atoms with E-state index in [0.29, 0.717) is 12.1 Å². The zero-order valence-electron chi connectivity index (χ0n) is 18.1. The van der Waals surface area contributed by atoms with Crippen molar-refractivity contribution < 1.29 is 17.9 Å². The van der Waals surface area contributed by atoms with Crippen LogP contribution in [0, 0.1) is 0 Å². The highest BCUT2D eigenvalue weighted by molar-refractivity contribution is 14.0. The Hall–Kier alpha value is -0.720. The molecule has 0 atom stereocenters. The quantitative estimate of drug-likeness (QED) is 0.329. The van der Waals surface area contributed by atoms with Crippen LogP contribution in [0.25, 0.3) is 0 Å². The molecule has 0 saturated carbocycles. The van der Waals surface area contributed by atoms with Crippen LogP contribution in [0.5, 0.6) is 0 Å². The zero-order chi connectivity index (χ0) is 21.6. The molecule has 2 saturated heterocycles. The third-order valence-corrected chi connectivity index (χ3v) is 7.37. The summed E-state index contributed by atoms with van der Waals surface area (Å²) >= 11 is 1.89. The number of ether oxygens (including phenoxy) is 1. The molecular formula is C21H32F3IN4OS. The fraction of sp³-hybridized carbons (Fsp3) is 0.667. The van der Waals surface area contributed by atoms with Gasteiger partial charge in [-0.1, -0.05) is 18.2 Å². The van der Waals surface area contributed by atoms with Crippen molar-refractivity contribution in [2.24, 2.45) is 4.99 Å². The summed E-state index contributed by atoms with van der Waals surface area (Å²) in [5.41, 5.74) is 0.112. The Balaban J connectivity index is 0.00000341. The number of hydrogen-bond acceptors (Lipinski definition) is 4. The Morgan fingerprint density at radius 2 is 1.87 bits per heavy atom. The average Bonchev–Trinajstić information content (AvgIpc) is 2.75. The number of alkyl halides is 3. The molecule has 2 aliphatic heterocycles. The van der Waals surface area contributed by atoms with Gasteiger partial charge in [0.1, 0.15) is 0 Å². The number of halogens is 4. The minimum absolute atomic E-state index is 0. The minimum atomic E-state index is -4.30. The smallest absolute Gasteiger partial charge is 0.381 e. The largest absolute Gasteiger partial charge is 0.416 e. The van der Waals surface area contributed by atoms with Crippen LogP contribution in [-0.4, -0.2) is 79.7 Å². The zero-order valence-corrected chi connectivity index (χ0v) is 21.2. The van der Waals surface area contributed by atoms with Gasteiger partial charge in [0.05, 0.1) is 5.56 Å². The SMILES string of the molecule is CN=C(NCC1(SC)CCOCC1)N1CCN(Cc2cccc(C(F)(F)F)c2)CC1.I. The van der Waals surface area contributed by atoms with Crippen LogP contribution in [-0.2, 0) is 17.5 Å². The van der Waals surface area contributed by atoms with Crippen molar-refractivity contribution in [1.82, 2.24) is 15.1 Å². The van der Waals surface area contributed by atoms with Crippen molar-refractivity contribution in [3.8, 4) is 0 Å². The standard InChI is InChI=1S/C21H31F3N4OS.HI/c1-25-19(26-16-20(30-2)6-12-29-13-7-20)28-10-8-27(9-11-28)15-17-4-3-5-18(14-17)21(22,23)24;/h3-5,14H,6-13,15-16H2,1-2H3,(H,25,26);1H. The molecule has 0 aliphatic carbocycles. The third-order valence-electron chi connectivity index (χ3n) is 5.95. The monoisotopic (exact) mass is 572 g/mol. The summed E-state index contributed by atoms with van der Waals surface area (Å²) in [6.45, 7) is 6.16. The van der Waals surface area contributed by atoms with Gasteiger partial charge in [0.15, 0.2) is 5.96 Å². The van der Waals surface area contributed by atoms with E-state index in [2.05, 4.69) is 26.4 Å². The van der Waals surface area contributed by atoms with Crippen molar-refractivity contribution in [2.45, 2.75) is 30.3 Å². The van der Waals surface area contributed by atoms with Crippen LogP contribution in [0.4, 0.5) is 13.2 Å². The first-order chi connectivity index (χ1) is 14.3. The molecule has 0 spiro atoms. The molecule has 0 unspecified atom stereocenters. The summed E-state index contributed by atoms with van der Waals surface area (Å²) in [7, 11) is 1.80. The lowest BCUT2D eigenvalue weighted by Crippen LogP contribution is -2.54. The Bertz CT molecular complexity index is 721. The van der Waals surface area contributed by atoms with E-state index in [1.54, 1.807) is 13.1 Å². The average molecular weight is 572 g/mol. The molecule has 0 bridgehead atoms. The number of nitrogens with one attached hydrogen (secondary N) is 1. The Morgan fingerprint density at radius 3 is 2.45 bits per heavy atom. The first-order valence-corrected chi connectivity index (χ1v) is 11.5. The number of rotatable bonds is 5. The van der Waals surface area contributed by atoms with Crippen LogP contribution in [0.1, 0.15) is 24.0 Å². The Kier molecular flexibility index (Phi) is 10.2. The molecule has 0 aromatic heterocycles. The lowest BCUT2D eigenvalue weighted by atomic mass is 9.99. The molecule has 176 valence electrons. The van der Waals surface area contributed by atoms with Crippen molar-refractivity contribution in [1.29, 1.82) is 0 Å². The van der Waals surface area contributed by atoms with Crippen molar-refractivity contribution in [3.05, 3.63) is 35.4 Å². The van der Waals surface area contributed by atoms with E-state index >= 15 is 0 Å². The summed E-state index contributed by atoms with van der Waals surface area (Å²) in [5.74, 6) is 0.897. The lowest BCUT2D eigenvalue weighted by molar-refractivity contribution is -0.137. The Morgan fingerprint density at radius 1 is 1.19 bits per heavy atom. The number of hydrogen-bond donors (Lipinski definition) is 1. The van der Waals surface area contributed by atoms with Crippen LogP contribution >= 0.6 is 35.7 Å². The molecule has 2 heterocycles. The van der Waals surface area contributed by atoms with Gasteiger partial charge in [-0.3, -0.25) is 9.89 Å². The van der Waals surface area contributed by atoms with E-state index < -0.39 is 11.7 Å². The summed E-state index contributed by atoms with van der Waals surface area (Å²) in [6.07, 6.45) is -0.0837. The van der Waals surface area contributed by atoms with E-state index in [4.69, 9.17) is 4.74 Å². The molecule has 1 aromatic rings. The van der Waals surface area contributed by atoms with Crippen molar-refractivity contribution >= 4 is 41.7 Å². The fourth-order valence-electron chi connectivity index (χ4n) is 3.99. The summed E-state index contributed by atoms with van der Waals surface area (Å²) < 4.78 is 44.5. The highest BCUT2D eigenvalue weighted by atomic mass is 127. The molecule has 31 heavy (non-hydrogen) atoms. The molecule has 0 radical (unpaired) electrons. The van der Waals surface area contributed by atoms with Gasteiger partial charge in [-0.15, -0.1) is 24.0 Å². The molecule has 3 rings (SSSR count). The molecule has 10 heteroatoms. The van der Waals surface area contributed by atoms with Crippen molar-refractivity contribution in [3.63, 3.8) is 0 Å². The minimum Gasteiger partial charge on any atom is -0.381 e. The summed E-state index contributed by atoms with van der Waals surface area (Å²) in [5, 5.41) is 3.55. The number of thioether (sulfide) groups is 1. The van der Waals surface area contributed by atoms with Crippen LogP contribution in [0.3, 0.4) is 0 Å². The van der Waals surface area contributed by atoms with Gasteiger partial charge in [0.2, 0.25) is 0 Å². The second-order valence-electron chi connectivity index (χ2n) is 7.86. The Labute approximate surface area is 204 Å². The molecule has 2 aliphatic rings. The van der Waals surface area contributed by atoms with E-state index in [0.717, 1.165) is 70.8 Å². The summed E-state index contributed by atoms with van der Waals surface area (Å²) in [4.78, 5) is 8.88. The van der Waals surface area contributed by atoms with Gasteiger partial charge in [0.25, 0.3) is 0 Å². The molecule has 2 fully saturated rings. The first-order valence-electron chi connectivity index (χ1n) is 10.3. The van der Waals surface area contributed by atoms with Crippen LogP contribution in [0.2, 0.25) is 0 Å². The normalized spacial score (nSPS) is 20.3. The van der Waals surface area contributed by atoms with Gasteiger partial charge in [0, 0.05) is 64.3 Å². The number of piperazine rings is 1. The van der Waals surface area contributed by atoms with E-state index in [9.17, 15) is 13.2 Å². The molecular weight excluding hydrogens is 540 g/mol. The van der Waals surface area contributed by atoms with Gasteiger partial charge in [-0.2, -0.15) is 24.9 Å². The van der Waals surface area contributed by atoms with Crippen LogP contribution < -0.4 is 5.32 Å². The summed E-state index contributed by atoms with van der Waals surface area (Å²) in [6, 6.07) is 5.62. The lowest BCUT2D eigenvalue weighted by Gasteiger charge is -2.39. The van der Waals surface area contributed by atoms with Gasteiger partial charge in [-0.05, 0) is 30.7 Å². The van der Waals surface area contributed by atoms with Crippen LogP contribution in [0.15, 0.2) is 29.3 Å². The maximum Gasteiger partial charge on any atom is 0.416 e. The molecule has 1 aromatic carbocycles. The molecule has 1 N–H and O–H groups in total. The third kappa shape index (κ3) is 7.40. The molecule has 0 amide bonds. The number of aliphatic imine (C=N–C) groups is 1. The second-order valence-corrected chi connectivity index (χ2v) is 9.14. The van der Waals surface area contributed by atoms with Crippen molar-refractivity contribution in [2.75, 3.05) is 59.2 Å². The first kappa shape index (κ1) is 26.5. The number of nitrogens with zero attached hydrogens (tertiary/aromatic N) is 3. The fourth-order valence-corrected chi connectivity index (χ4v) is 4.78. The van der Waals surface area contributed by atoms with Gasteiger partial charge < -0.3 is 15.0 Å². The van der Waals surface area contributed by atoms with E-state index in [-0.39, 0.29) is 28.7 Å². The van der Waals surface area contributed by atoms with E-state index in [1.807, 2.05) is 11.8 Å². The molecule has 5 nitrogen and oxygen atoms in total.